The first kappa shape index (κ1) is 19.4. The van der Waals surface area contributed by atoms with Crippen LogP contribution >= 0.6 is 12.2 Å². The van der Waals surface area contributed by atoms with Gasteiger partial charge in [0.25, 0.3) is 0 Å². The second-order valence-electron chi connectivity index (χ2n) is 5.76. The van der Waals surface area contributed by atoms with Crippen LogP contribution in [0.1, 0.15) is 18.9 Å². The number of thiocarbonyl (C=S) groups is 1. The van der Waals surface area contributed by atoms with E-state index in [4.69, 9.17) is 21.7 Å². The van der Waals surface area contributed by atoms with Crippen molar-refractivity contribution in [3.8, 4) is 11.5 Å². The van der Waals surface area contributed by atoms with Crippen LogP contribution in [0.4, 0.5) is 0 Å². The van der Waals surface area contributed by atoms with Crippen LogP contribution in [0.2, 0.25) is 0 Å². The number of hydrazone groups is 1. The third kappa shape index (κ3) is 6.49. The molecule has 0 bridgehead atoms. The number of methoxy groups -OCH3 is 1. The second-order valence-corrected chi connectivity index (χ2v) is 6.16. The van der Waals surface area contributed by atoms with Crippen LogP contribution < -0.4 is 15.5 Å². The fraction of sp³-hybridized carbons (Fsp3) is 0.529. The van der Waals surface area contributed by atoms with Crippen LogP contribution in [0.25, 0.3) is 0 Å². The average molecular weight is 366 g/mol. The van der Waals surface area contributed by atoms with E-state index in [2.05, 4.69) is 20.7 Å². The van der Waals surface area contributed by atoms with Gasteiger partial charge < -0.3 is 19.9 Å². The first-order chi connectivity index (χ1) is 12.1. The lowest BCUT2D eigenvalue weighted by molar-refractivity contribution is 0.0376. The van der Waals surface area contributed by atoms with E-state index in [9.17, 15) is 5.11 Å². The Kier molecular flexibility index (Phi) is 7.90. The number of nitrogens with one attached hydrogen (secondary N) is 2. The van der Waals surface area contributed by atoms with Crippen LogP contribution in [0.15, 0.2) is 23.3 Å². The number of hydrogen-bond acceptors (Lipinski definition) is 6. The highest BCUT2D eigenvalue weighted by atomic mass is 32.1. The zero-order chi connectivity index (χ0) is 18.1. The summed E-state index contributed by atoms with van der Waals surface area (Å²) in [7, 11) is 1.58. The fourth-order valence-electron chi connectivity index (χ4n) is 2.50. The van der Waals surface area contributed by atoms with Crippen molar-refractivity contribution in [1.82, 2.24) is 15.6 Å². The van der Waals surface area contributed by atoms with Crippen molar-refractivity contribution in [3.05, 3.63) is 23.8 Å². The van der Waals surface area contributed by atoms with E-state index >= 15 is 0 Å². The maximum Gasteiger partial charge on any atom is 0.186 e. The Labute approximate surface area is 154 Å². The molecule has 3 N–H and O–H groups in total. The third-order valence-corrected chi connectivity index (χ3v) is 4.19. The van der Waals surface area contributed by atoms with E-state index in [1.54, 1.807) is 32.2 Å². The molecular weight excluding hydrogens is 340 g/mol. The fourth-order valence-corrected chi connectivity index (χ4v) is 2.64. The van der Waals surface area contributed by atoms with Gasteiger partial charge in [0, 0.05) is 25.2 Å². The number of morpholine rings is 1. The number of benzene rings is 1. The molecule has 1 saturated heterocycles. The molecule has 0 unspecified atom stereocenters. The van der Waals surface area contributed by atoms with E-state index < -0.39 is 0 Å². The first-order valence-corrected chi connectivity index (χ1v) is 8.76. The molecule has 0 aromatic heterocycles. The summed E-state index contributed by atoms with van der Waals surface area (Å²) >= 11 is 5.22. The third-order valence-electron chi connectivity index (χ3n) is 3.96. The van der Waals surface area contributed by atoms with Gasteiger partial charge in [0.2, 0.25) is 0 Å². The molecule has 2 rings (SSSR count). The Morgan fingerprint density at radius 2 is 2.16 bits per heavy atom. The minimum atomic E-state index is 0.147. The predicted molar refractivity (Wildman–Crippen MR) is 102 cm³/mol. The Hall–Kier alpha value is -1.90. The van der Waals surface area contributed by atoms with Crippen molar-refractivity contribution >= 4 is 23.0 Å². The highest BCUT2D eigenvalue weighted by Crippen LogP contribution is 2.23. The van der Waals surface area contributed by atoms with Crippen molar-refractivity contribution in [2.24, 2.45) is 5.10 Å². The molecule has 0 atom stereocenters. The monoisotopic (exact) mass is 366 g/mol. The number of phenols is 1. The maximum atomic E-state index is 9.94. The minimum absolute atomic E-state index is 0.147. The molecule has 0 radical (unpaired) electrons. The molecule has 0 saturated carbocycles. The summed E-state index contributed by atoms with van der Waals surface area (Å²) in [4.78, 5) is 2.38. The molecule has 1 heterocycles. The first-order valence-electron chi connectivity index (χ1n) is 8.35. The van der Waals surface area contributed by atoms with E-state index in [0.29, 0.717) is 22.1 Å². The average Bonchev–Trinajstić information content (AvgIpc) is 2.64. The molecule has 0 amide bonds. The molecule has 1 aliphatic rings. The van der Waals surface area contributed by atoms with Crippen molar-refractivity contribution in [2.75, 3.05) is 46.5 Å². The molecule has 7 nitrogen and oxygen atoms in total. The zero-order valence-corrected chi connectivity index (χ0v) is 15.6. The summed E-state index contributed by atoms with van der Waals surface area (Å²) in [6, 6.07) is 5.00. The lowest BCUT2D eigenvalue weighted by Gasteiger charge is -2.26. The summed E-state index contributed by atoms with van der Waals surface area (Å²) in [5, 5.41) is 17.8. The van der Waals surface area contributed by atoms with Gasteiger partial charge in [0.1, 0.15) is 11.5 Å². The molecule has 0 spiro atoms. The topological polar surface area (TPSA) is 78.3 Å². The lowest BCUT2D eigenvalue weighted by Crippen LogP contribution is -2.39. The Morgan fingerprint density at radius 3 is 2.88 bits per heavy atom. The van der Waals surface area contributed by atoms with E-state index in [0.717, 1.165) is 45.8 Å². The zero-order valence-electron chi connectivity index (χ0n) is 14.7. The molecule has 1 aromatic carbocycles. The number of rotatable bonds is 7. The SMILES string of the molecule is COc1ccc(O)c(/C(C)=N/NC(=S)NCCCN2CCOCC2)c1. The van der Waals surface area contributed by atoms with Crippen LogP contribution in [0.5, 0.6) is 11.5 Å². The predicted octanol–water partition coefficient (Wildman–Crippen LogP) is 1.31. The Bertz CT molecular complexity index is 604. The smallest absolute Gasteiger partial charge is 0.186 e. The molecule has 8 heteroatoms. The number of aromatic hydroxyl groups is 1. The quantitative estimate of drug-likeness (QED) is 0.291. The molecule has 25 heavy (non-hydrogen) atoms. The van der Waals surface area contributed by atoms with Gasteiger partial charge >= 0.3 is 0 Å². The van der Waals surface area contributed by atoms with Crippen molar-refractivity contribution in [1.29, 1.82) is 0 Å². The Balaban J connectivity index is 1.73. The van der Waals surface area contributed by atoms with Gasteiger partial charge in [0.05, 0.1) is 26.0 Å². The van der Waals surface area contributed by atoms with Crippen molar-refractivity contribution < 1.29 is 14.6 Å². The van der Waals surface area contributed by atoms with Crippen molar-refractivity contribution in [2.45, 2.75) is 13.3 Å². The molecule has 1 fully saturated rings. The summed E-state index contributed by atoms with van der Waals surface area (Å²) in [5.41, 5.74) is 4.03. The van der Waals surface area contributed by atoms with Gasteiger partial charge in [-0.05, 0) is 50.3 Å². The normalized spacial score (nSPS) is 15.7. The summed E-state index contributed by atoms with van der Waals surface area (Å²) in [5.74, 6) is 0.805. The van der Waals surface area contributed by atoms with E-state index in [1.807, 2.05) is 0 Å². The molecule has 0 aliphatic carbocycles. The Morgan fingerprint density at radius 1 is 1.40 bits per heavy atom. The van der Waals surface area contributed by atoms with E-state index in [-0.39, 0.29) is 5.75 Å². The van der Waals surface area contributed by atoms with Crippen LogP contribution in [0.3, 0.4) is 0 Å². The van der Waals surface area contributed by atoms with Gasteiger partial charge in [-0.1, -0.05) is 0 Å². The number of ether oxygens (including phenoxy) is 2. The highest BCUT2D eigenvalue weighted by Gasteiger charge is 2.09. The molecule has 1 aliphatic heterocycles. The van der Waals surface area contributed by atoms with Crippen LogP contribution in [-0.4, -0.2) is 67.3 Å². The number of hydrogen-bond donors (Lipinski definition) is 3. The maximum absolute atomic E-state index is 9.94. The molecule has 1 aromatic rings. The standard InChI is InChI=1S/C17H26N4O3S/c1-13(15-12-14(23-2)4-5-16(15)22)19-20-17(25)18-6-3-7-21-8-10-24-11-9-21/h4-5,12,22H,3,6-11H2,1-2H3,(H2,18,20,25)/b19-13+. The van der Waals surface area contributed by atoms with Gasteiger partial charge in [0.15, 0.2) is 5.11 Å². The lowest BCUT2D eigenvalue weighted by atomic mass is 10.1. The number of phenolic OH excluding ortho intramolecular Hbond substituents is 1. The van der Waals surface area contributed by atoms with Gasteiger partial charge in [-0.15, -0.1) is 0 Å². The number of nitrogens with zero attached hydrogens (tertiary/aromatic N) is 2. The minimum Gasteiger partial charge on any atom is -0.507 e. The summed E-state index contributed by atoms with van der Waals surface area (Å²) < 4.78 is 10.5. The molecular formula is C17H26N4O3S. The van der Waals surface area contributed by atoms with E-state index in [1.165, 1.54) is 0 Å². The second kappa shape index (κ2) is 10.2. The molecule has 138 valence electrons. The van der Waals surface area contributed by atoms with Crippen LogP contribution in [0, 0.1) is 0 Å². The van der Waals surface area contributed by atoms with Crippen molar-refractivity contribution in [3.63, 3.8) is 0 Å². The van der Waals surface area contributed by atoms with Gasteiger partial charge in [-0.3, -0.25) is 10.3 Å². The van der Waals surface area contributed by atoms with Crippen LogP contribution in [-0.2, 0) is 4.74 Å². The largest absolute Gasteiger partial charge is 0.507 e. The highest BCUT2D eigenvalue weighted by molar-refractivity contribution is 7.80. The van der Waals surface area contributed by atoms with Gasteiger partial charge in [-0.2, -0.15) is 5.10 Å². The summed E-state index contributed by atoms with van der Waals surface area (Å²) in [6.07, 6.45) is 1.00. The summed E-state index contributed by atoms with van der Waals surface area (Å²) in [6.45, 7) is 7.23. The van der Waals surface area contributed by atoms with Gasteiger partial charge in [-0.25, -0.2) is 0 Å².